The van der Waals surface area contributed by atoms with Gasteiger partial charge >= 0.3 is 0 Å². The Morgan fingerprint density at radius 1 is 1.43 bits per heavy atom. The van der Waals surface area contributed by atoms with E-state index in [-0.39, 0.29) is 24.8 Å². The average molecular weight is 304 g/mol. The highest BCUT2D eigenvalue weighted by molar-refractivity contribution is 9.10. The third-order valence-electron chi connectivity index (χ3n) is 2.23. The van der Waals surface area contributed by atoms with E-state index in [1.54, 1.807) is 0 Å². The van der Waals surface area contributed by atoms with Gasteiger partial charge in [0, 0.05) is 7.05 Å². The molecule has 1 atom stereocenters. The lowest BCUT2D eigenvalue weighted by molar-refractivity contribution is 0.576. The van der Waals surface area contributed by atoms with Crippen molar-refractivity contribution < 1.29 is 0 Å². The first-order valence-corrected chi connectivity index (χ1v) is 4.86. The van der Waals surface area contributed by atoms with Crippen molar-refractivity contribution in [3.05, 3.63) is 10.6 Å². The lowest BCUT2D eigenvalue weighted by atomic mass is 10.2. The number of hydrogen-bond donors (Lipinski definition) is 1. The molecule has 0 aromatic carbocycles. The molecule has 1 fully saturated rings. The maximum absolute atomic E-state index is 4.10. The van der Waals surface area contributed by atoms with Gasteiger partial charge in [0.05, 0.1) is 6.04 Å². The fourth-order valence-corrected chi connectivity index (χ4v) is 1.79. The van der Waals surface area contributed by atoms with Crippen molar-refractivity contribution in [2.24, 2.45) is 7.05 Å². The summed E-state index contributed by atoms with van der Waals surface area (Å²) in [4.78, 5) is 0. The SMILES string of the molecule is Cl.Cl.Cn1c(Br)nnc1[C@@H]1CCCN1. The van der Waals surface area contributed by atoms with E-state index in [0.717, 1.165) is 17.1 Å². The van der Waals surface area contributed by atoms with Crippen molar-refractivity contribution in [2.45, 2.75) is 18.9 Å². The van der Waals surface area contributed by atoms with Gasteiger partial charge in [-0.25, -0.2) is 0 Å². The minimum absolute atomic E-state index is 0. The molecule has 0 bridgehead atoms. The largest absolute Gasteiger partial charge is 0.307 e. The molecule has 1 aromatic rings. The maximum Gasteiger partial charge on any atom is 0.199 e. The molecule has 82 valence electrons. The van der Waals surface area contributed by atoms with Crippen LogP contribution in [0.4, 0.5) is 0 Å². The average Bonchev–Trinajstić information content (AvgIpc) is 2.64. The Labute approximate surface area is 104 Å². The third-order valence-corrected chi connectivity index (χ3v) is 2.92. The van der Waals surface area contributed by atoms with Gasteiger partial charge in [-0.1, -0.05) is 0 Å². The third kappa shape index (κ3) is 2.59. The summed E-state index contributed by atoms with van der Waals surface area (Å²) in [6.45, 7) is 1.09. The standard InChI is InChI=1S/C7H11BrN4.2ClH/c1-12-6(10-11-7(12)8)5-3-2-4-9-5;;/h5,9H,2-4H2,1H3;2*1H/t5-;;/m0../s1. The van der Waals surface area contributed by atoms with E-state index in [2.05, 4.69) is 31.4 Å². The molecule has 2 rings (SSSR count). The summed E-state index contributed by atoms with van der Waals surface area (Å²) in [5, 5.41) is 11.4. The minimum atomic E-state index is 0. The molecule has 1 aromatic heterocycles. The summed E-state index contributed by atoms with van der Waals surface area (Å²) < 4.78 is 2.77. The maximum atomic E-state index is 4.10. The molecule has 1 saturated heterocycles. The van der Waals surface area contributed by atoms with Crippen molar-refractivity contribution in [2.75, 3.05) is 6.54 Å². The number of rotatable bonds is 1. The van der Waals surface area contributed by atoms with Crippen molar-refractivity contribution in [1.29, 1.82) is 0 Å². The Kier molecular flexibility index (Phi) is 5.97. The van der Waals surface area contributed by atoms with Crippen molar-refractivity contribution in [3.63, 3.8) is 0 Å². The predicted octanol–water partition coefficient (Wildman–Crippen LogP) is 1.85. The minimum Gasteiger partial charge on any atom is -0.307 e. The lowest BCUT2D eigenvalue weighted by Gasteiger charge is -2.08. The molecule has 1 aliphatic rings. The van der Waals surface area contributed by atoms with Gasteiger partial charge in [-0.05, 0) is 35.3 Å². The van der Waals surface area contributed by atoms with E-state index < -0.39 is 0 Å². The molecular weight excluding hydrogens is 291 g/mol. The number of halogens is 3. The van der Waals surface area contributed by atoms with Crippen molar-refractivity contribution in [3.8, 4) is 0 Å². The zero-order valence-corrected chi connectivity index (χ0v) is 11.0. The summed E-state index contributed by atoms with van der Waals surface area (Å²) in [6, 6.07) is 0.397. The highest BCUT2D eigenvalue weighted by Crippen LogP contribution is 2.22. The first kappa shape index (κ1) is 14.2. The first-order chi connectivity index (χ1) is 5.79. The molecule has 0 saturated carbocycles. The van der Waals surface area contributed by atoms with E-state index in [1.807, 2.05) is 11.6 Å². The highest BCUT2D eigenvalue weighted by Gasteiger charge is 2.21. The smallest absolute Gasteiger partial charge is 0.199 e. The summed E-state index contributed by atoms with van der Waals surface area (Å²) in [5.41, 5.74) is 0. The van der Waals surface area contributed by atoms with E-state index in [0.29, 0.717) is 6.04 Å². The molecule has 14 heavy (non-hydrogen) atoms. The summed E-state index contributed by atoms with van der Waals surface area (Å²) in [5.74, 6) is 1.03. The molecule has 1 aliphatic heterocycles. The molecule has 0 aliphatic carbocycles. The van der Waals surface area contributed by atoms with Crippen LogP contribution >= 0.6 is 40.7 Å². The van der Waals surface area contributed by atoms with Crippen LogP contribution in [0.25, 0.3) is 0 Å². The van der Waals surface area contributed by atoms with Crippen LogP contribution in [0.1, 0.15) is 24.7 Å². The van der Waals surface area contributed by atoms with Crippen LogP contribution in [0.15, 0.2) is 4.73 Å². The summed E-state index contributed by atoms with van der Waals surface area (Å²) in [7, 11) is 1.97. The van der Waals surface area contributed by atoms with Crippen LogP contribution in [0.5, 0.6) is 0 Å². The van der Waals surface area contributed by atoms with Gasteiger partial charge in [-0.3, -0.25) is 0 Å². The van der Waals surface area contributed by atoms with Crippen LogP contribution in [0.2, 0.25) is 0 Å². The normalized spacial score (nSPS) is 20.0. The van der Waals surface area contributed by atoms with Crippen LogP contribution in [-0.4, -0.2) is 21.3 Å². The molecule has 1 N–H and O–H groups in total. The van der Waals surface area contributed by atoms with Crippen LogP contribution in [-0.2, 0) is 7.05 Å². The Balaban J connectivity index is 0.000000845. The van der Waals surface area contributed by atoms with Crippen molar-refractivity contribution >= 4 is 40.7 Å². The molecular formula is C7H13BrCl2N4. The fourth-order valence-electron chi connectivity index (χ4n) is 1.53. The monoisotopic (exact) mass is 302 g/mol. The number of hydrogen-bond acceptors (Lipinski definition) is 3. The first-order valence-electron chi connectivity index (χ1n) is 4.07. The fraction of sp³-hybridized carbons (Fsp3) is 0.714. The predicted molar refractivity (Wildman–Crippen MR) is 63.2 cm³/mol. The number of aromatic nitrogens is 3. The van der Waals surface area contributed by atoms with Crippen LogP contribution in [0, 0.1) is 0 Å². The molecule has 0 spiro atoms. The van der Waals surface area contributed by atoms with Gasteiger partial charge in [0.2, 0.25) is 0 Å². The Bertz CT molecular complexity index is 285. The quantitative estimate of drug-likeness (QED) is 0.861. The second kappa shape index (κ2) is 5.90. The zero-order valence-electron chi connectivity index (χ0n) is 7.73. The van der Waals surface area contributed by atoms with E-state index in [4.69, 9.17) is 0 Å². The van der Waals surface area contributed by atoms with Gasteiger partial charge in [0.15, 0.2) is 10.6 Å². The molecule has 0 amide bonds. The second-order valence-electron chi connectivity index (χ2n) is 3.04. The van der Waals surface area contributed by atoms with Gasteiger partial charge in [-0.2, -0.15) is 0 Å². The highest BCUT2D eigenvalue weighted by atomic mass is 79.9. The Morgan fingerprint density at radius 3 is 2.57 bits per heavy atom. The number of nitrogens with zero attached hydrogens (tertiary/aromatic N) is 3. The van der Waals surface area contributed by atoms with E-state index >= 15 is 0 Å². The topological polar surface area (TPSA) is 42.7 Å². The molecule has 0 radical (unpaired) electrons. The Hall–Kier alpha value is 0.160. The molecule has 0 unspecified atom stereocenters. The van der Waals surface area contributed by atoms with Gasteiger partial charge in [0.25, 0.3) is 0 Å². The van der Waals surface area contributed by atoms with Gasteiger partial charge < -0.3 is 9.88 Å². The summed E-state index contributed by atoms with van der Waals surface area (Å²) in [6.07, 6.45) is 2.40. The van der Waals surface area contributed by atoms with E-state index in [1.165, 1.54) is 12.8 Å². The van der Waals surface area contributed by atoms with Gasteiger partial charge in [-0.15, -0.1) is 35.0 Å². The van der Waals surface area contributed by atoms with Gasteiger partial charge in [0.1, 0.15) is 0 Å². The number of nitrogens with one attached hydrogen (secondary N) is 1. The van der Waals surface area contributed by atoms with Crippen LogP contribution < -0.4 is 5.32 Å². The van der Waals surface area contributed by atoms with E-state index in [9.17, 15) is 0 Å². The summed E-state index contributed by atoms with van der Waals surface area (Å²) >= 11 is 3.32. The molecule has 2 heterocycles. The zero-order chi connectivity index (χ0) is 8.55. The molecule has 4 nitrogen and oxygen atoms in total. The molecule has 7 heteroatoms. The Morgan fingerprint density at radius 2 is 2.14 bits per heavy atom. The second-order valence-corrected chi connectivity index (χ2v) is 3.74. The van der Waals surface area contributed by atoms with Crippen molar-refractivity contribution in [1.82, 2.24) is 20.1 Å². The van der Waals surface area contributed by atoms with Crippen LogP contribution in [0.3, 0.4) is 0 Å². The lowest BCUT2D eigenvalue weighted by Crippen LogP contribution is -2.16.